The number of hydrogen-bond acceptors (Lipinski definition) is 5. The Labute approximate surface area is 199 Å². The molecule has 0 bridgehead atoms. The topological polar surface area (TPSA) is 59.1 Å². The Balaban J connectivity index is 1.12. The van der Waals surface area contributed by atoms with Crippen LogP contribution in [0.4, 0.5) is 0 Å². The summed E-state index contributed by atoms with van der Waals surface area (Å²) in [6.45, 7) is 13.4. The van der Waals surface area contributed by atoms with Crippen LogP contribution in [0.3, 0.4) is 0 Å². The van der Waals surface area contributed by atoms with Crippen LogP contribution in [0.2, 0.25) is 0 Å². The lowest BCUT2D eigenvalue weighted by Gasteiger charge is -2.43. The first kappa shape index (κ1) is 24.2. The van der Waals surface area contributed by atoms with Crippen molar-refractivity contribution in [1.82, 2.24) is 24.9 Å². The number of nitrogens with one attached hydrogen (secondary N) is 1. The zero-order valence-corrected chi connectivity index (χ0v) is 20.5. The molecule has 0 unspecified atom stereocenters. The van der Waals surface area contributed by atoms with Crippen LogP contribution >= 0.6 is 0 Å². The third-order valence-electron chi connectivity index (χ3n) is 7.43. The molecule has 7 nitrogen and oxygen atoms in total. The minimum Gasteiger partial charge on any atom is -0.350 e. The fourth-order valence-corrected chi connectivity index (χ4v) is 5.01. The van der Waals surface area contributed by atoms with E-state index in [1.54, 1.807) is 0 Å². The summed E-state index contributed by atoms with van der Waals surface area (Å²) in [6, 6.07) is 8.90. The third kappa shape index (κ3) is 6.78. The van der Waals surface area contributed by atoms with Crippen molar-refractivity contribution in [1.29, 1.82) is 0 Å². The monoisotopic (exact) mass is 455 g/mol. The molecule has 0 aromatic heterocycles. The lowest BCUT2D eigenvalue weighted by atomic mass is 9.91. The quantitative estimate of drug-likeness (QED) is 0.646. The van der Waals surface area contributed by atoms with E-state index in [2.05, 4.69) is 37.0 Å². The van der Waals surface area contributed by atoms with Crippen molar-refractivity contribution in [2.75, 3.05) is 65.4 Å². The van der Waals surface area contributed by atoms with E-state index in [0.717, 1.165) is 76.9 Å². The summed E-state index contributed by atoms with van der Waals surface area (Å²) in [5, 5.41) is 2.93. The summed E-state index contributed by atoms with van der Waals surface area (Å²) in [5.74, 6) is 0.292. The zero-order chi connectivity index (χ0) is 23.2. The van der Waals surface area contributed by atoms with Crippen LogP contribution in [0.5, 0.6) is 0 Å². The van der Waals surface area contributed by atoms with Gasteiger partial charge in [0.05, 0.1) is 6.54 Å². The lowest BCUT2D eigenvalue weighted by molar-refractivity contribution is -0.135. The molecule has 0 radical (unpaired) electrons. The summed E-state index contributed by atoms with van der Waals surface area (Å²) >= 11 is 0. The predicted molar refractivity (Wildman–Crippen MR) is 131 cm³/mol. The standard InChI is InChI=1S/C26H41N5O2/c1-21(2)27-26(33)23-8-6-22(7-9-23)10-11-28-12-14-29(15-13-28)20-25(32)31-18-16-30(17-19-31)24-4-3-5-24/h6-9,21,24H,3-5,10-20H2,1-2H3,(H,27,33). The van der Waals surface area contributed by atoms with Crippen LogP contribution in [0, 0.1) is 0 Å². The SMILES string of the molecule is CC(C)NC(=O)c1ccc(CCN2CCN(CC(=O)N3CCN(C4CCC4)CC3)CC2)cc1. The van der Waals surface area contributed by atoms with E-state index in [-0.39, 0.29) is 11.9 Å². The first-order chi connectivity index (χ1) is 16.0. The fourth-order valence-electron chi connectivity index (χ4n) is 5.01. The first-order valence-corrected chi connectivity index (χ1v) is 12.8. The van der Waals surface area contributed by atoms with Gasteiger partial charge in [-0.3, -0.25) is 19.4 Å². The molecule has 4 rings (SSSR count). The number of benzene rings is 1. The van der Waals surface area contributed by atoms with Gasteiger partial charge in [0.1, 0.15) is 0 Å². The highest BCUT2D eigenvalue weighted by molar-refractivity contribution is 5.94. The smallest absolute Gasteiger partial charge is 0.251 e. The maximum atomic E-state index is 12.8. The summed E-state index contributed by atoms with van der Waals surface area (Å²) in [7, 11) is 0. The maximum Gasteiger partial charge on any atom is 0.251 e. The molecule has 2 amide bonds. The second-order valence-electron chi connectivity index (χ2n) is 10.2. The normalized spacial score (nSPS) is 21.2. The lowest BCUT2D eigenvalue weighted by Crippen LogP contribution is -2.56. The molecule has 2 saturated heterocycles. The number of piperazine rings is 2. The average molecular weight is 456 g/mol. The van der Waals surface area contributed by atoms with Crippen LogP contribution in [0.1, 0.15) is 49.0 Å². The Hall–Kier alpha value is -1.96. The molecule has 2 aliphatic heterocycles. The minimum atomic E-state index is -0.0116. The van der Waals surface area contributed by atoms with E-state index in [1.165, 1.54) is 24.8 Å². The molecular formula is C26H41N5O2. The van der Waals surface area contributed by atoms with E-state index in [1.807, 2.05) is 26.0 Å². The predicted octanol–water partition coefficient (Wildman–Crippen LogP) is 1.68. The van der Waals surface area contributed by atoms with Crippen molar-refractivity contribution >= 4 is 11.8 Å². The van der Waals surface area contributed by atoms with Crippen molar-refractivity contribution in [3.63, 3.8) is 0 Å². The number of rotatable bonds is 8. The van der Waals surface area contributed by atoms with Gasteiger partial charge in [0.2, 0.25) is 5.91 Å². The van der Waals surface area contributed by atoms with E-state index >= 15 is 0 Å². The van der Waals surface area contributed by atoms with Crippen LogP contribution in [-0.2, 0) is 11.2 Å². The van der Waals surface area contributed by atoms with Crippen LogP contribution < -0.4 is 5.32 Å². The van der Waals surface area contributed by atoms with Crippen molar-refractivity contribution in [3.05, 3.63) is 35.4 Å². The molecule has 1 aliphatic carbocycles. The van der Waals surface area contributed by atoms with Gasteiger partial charge in [-0.05, 0) is 50.8 Å². The number of hydrogen-bond donors (Lipinski definition) is 1. The van der Waals surface area contributed by atoms with E-state index in [0.29, 0.717) is 12.5 Å². The van der Waals surface area contributed by atoms with Gasteiger partial charge in [0, 0.05) is 76.5 Å². The summed E-state index contributed by atoms with van der Waals surface area (Å²) in [4.78, 5) is 34.3. The van der Waals surface area contributed by atoms with E-state index in [4.69, 9.17) is 0 Å². The Bertz CT molecular complexity index is 776. The number of amides is 2. The molecule has 1 aromatic carbocycles. The molecule has 2 heterocycles. The number of nitrogens with zero attached hydrogens (tertiary/aromatic N) is 4. The minimum absolute atomic E-state index is 0.0116. The summed E-state index contributed by atoms with van der Waals surface area (Å²) in [5.41, 5.74) is 1.98. The largest absolute Gasteiger partial charge is 0.350 e. The van der Waals surface area contributed by atoms with E-state index < -0.39 is 0 Å². The van der Waals surface area contributed by atoms with Gasteiger partial charge in [-0.25, -0.2) is 0 Å². The average Bonchev–Trinajstić information content (AvgIpc) is 2.78. The molecule has 7 heteroatoms. The highest BCUT2D eigenvalue weighted by atomic mass is 16.2. The molecule has 1 saturated carbocycles. The zero-order valence-electron chi connectivity index (χ0n) is 20.5. The highest BCUT2D eigenvalue weighted by Gasteiger charge is 2.30. The van der Waals surface area contributed by atoms with Crippen LogP contribution in [0.25, 0.3) is 0 Å². The molecule has 3 aliphatic rings. The fraction of sp³-hybridized carbons (Fsp3) is 0.692. The highest BCUT2D eigenvalue weighted by Crippen LogP contribution is 2.25. The number of carbonyl (C=O) groups excluding carboxylic acids is 2. The van der Waals surface area contributed by atoms with E-state index in [9.17, 15) is 9.59 Å². The third-order valence-corrected chi connectivity index (χ3v) is 7.43. The Morgan fingerprint density at radius 1 is 0.909 bits per heavy atom. The molecule has 1 N–H and O–H groups in total. The summed E-state index contributed by atoms with van der Waals surface area (Å²) < 4.78 is 0. The Morgan fingerprint density at radius 2 is 1.55 bits per heavy atom. The van der Waals surface area contributed by atoms with Gasteiger partial charge in [-0.1, -0.05) is 18.6 Å². The van der Waals surface area contributed by atoms with Gasteiger partial charge in [0.15, 0.2) is 0 Å². The van der Waals surface area contributed by atoms with Crippen LogP contribution in [-0.4, -0.2) is 109 Å². The molecular weight excluding hydrogens is 414 g/mol. The van der Waals surface area contributed by atoms with Crippen molar-refractivity contribution in [2.24, 2.45) is 0 Å². The van der Waals surface area contributed by atoms with Gasteiger partial charge < -0.3 is 15.1 Å². The molecule has 0 atom stereocenters. The second-order valence-corrected chi connectivity index (χ2v) is 10.2. The molecule has 1 aromatic rings. The maximum absolute atomic E-state index is 12.8. The van der Waals surface area contributed by atoms with Crippen molar-refractivity contribution in [2.45, 2.75) is 51.6 Å². The second kappa shape index (κ2) is 11.4. The molecule has 182 valence electrons. The van der Waals surface area contributed by atoms with Crippen molar-refractivity contribution < 1.29 is 9.59 Å². The number of carbonyl (C=O) groups is 2. The Morgan fingerprint density at radius 3 is 2.12 bits per heavy atom. The van der Waals surface area contributed by atoms with Gasteiger partial charge in [-0.15, -0.1) is 0 Å². The molecule has 3 fully saturated rings. The van der Waals surface area contributed by atoms with Gasteiger partial charge >= 0.3 is 0 Å². The Kier molecular flexibility index (Phi) is 8.39. The van der Waals surface area contributed by atoms with Crippen LogP contribution in [0.15, 0.2) is 24.3 Å². The summed E-state index contributed by atoms with van der Waals surface area (Å²) in [6.07, 6.45) is 5.05. The van der Waals surface area contributed by atoms with Gasteiger partial charge in [0.25, 0.3) is 5.91 Å². The van der Waals surface area contributed by atoms with Gasteiger partial charge in [-0.2, -0.15) is 0 Å². The molecule has 33 heavy (non-hydrogen) atoms. The first-order valence-electron chi connectivity index (χ1n) is 12.8. The van der Waals surface area contributed by atoms with Crippen molar-refractivity contribution in [3.8, 4) is 0 Å². The molecule has 0 spiro atoms.